The summed E-state index contributed by atoms with van der Waals surface area (Å²) >= 11 is 0. The fourth-order valence-electron chi connectivity index (χ4n) is 2.97. The summed E-state index contributed by atoms with van der Waals surface area (Å²) in [5.74, 6) is -2.46. The number of carbonyl (C=O) groups is 3. The number of rotatable bonds is 10. The van der Waals surface area contributed by atoms with E-state index in [4.69, 9.17) is 4.74 Å². The molecular formula is C22H25N3O7. The standard InChI is InChI=1S/C22H25N3O7/c1-14(2)19(24-22(29)32-13-15-8-4-3-5-9-15)20(26)23-17(21(27)28)12-16-10-6-7-11-18(16)25(30)31/h3-11,14,17,19H,12-13H2,1-2H3,(H,23,26)(H,24,29)(H,27,28)/t17-,19-/m0/s1. The Kier molecular flexibility index (Phi) is 8.70. The maximum absolute atomic E-state index is 12.7. The van der Waals surface area contributed by atoms with Gasteiger partial charge in [0.25, 0.3) is 5.69 Å². The first kappa shape index (κ1) is 24.3. The summed E-state index contributed by atoms with van der Waals surface area (Å²) in [7, 11) is 0. The zero-order valence-corrected chi connectivity index (χ0v) is 17.7. The molecule has 170 valence electrons. The minimum Gasteiger partial charge on any atom is -0.480 e. The van der Waals surface area contributed by atoms with Crippen LogP contribution in [0.4, 0.5) is 10.5 Å². The number of aliphatic carboxylic acids is 1. The lowest BCUT2D eigenvalue weighted by Gasteiger charge is -2.23. The van der Waals surface area contributed by atoms with Gasteiger partial charge in [-0.15, -0.1) is 0 Å². The predicted octanol–water partition coefficient (Wildman–Crippen LogP) is 2.66. The maximum Gasteiger partial charge on any atom is 0.408 e. The van der Waals surface area contributed by atoms with E-state index in [1.807, 2.05) is 6.07 Å². The van der Waals surface area contributed by atoms with Gasteiger partial charge in [0.05, 0.1) is 4.92 Å². The highest BCUT2D eigenvalue weighted by atomic mass is 16.6. The molecule has 2 atom stereocenters. The number of nitrogens with zero attached hydrogens (tertiary/aromatic N) is 1. The normalized spacial score (nSPS) is 12.5. The quantitative estimate of drug-likeness (QED) is 0.378. The van der Waals surface area contributed by atoms with Crippen molar-refractivity contribution >= 4 is 23.7 Å². The first-order valence-corrected chi connectivity index (χ1v) is 9.91. The van der Waals surface area contributed by atoms with Crippen LogP contribution in [0.1, 0.15) is 25.0 Å². The zero-order valence-electron chi connectivity index (χ0n) is 17.7. The highest BCUT2D eigenvalue weighted by molar-refractivity contribution is 5.89. The van der Waals surface area contributed by atoms with Crippen molar-refractivity contribution in [3.8, 4) is 0 Å². The number of alkyl carbamates (subject to hydrolysis) is 1. The van der Waals surface area contributed by atoms with Crippen molar-refractivity contribution in [3.05, 3.63) is 75.8 Å². The summed E-state index contributed by atoms with van der Waals surface area (Å²) in [6, 6.07) is 12.2. The van der Waals surface area contributed by atoms with Crippen LogP contribution in [-0.2, 0) is 27.4 Å². The minimum absolute atomic E-state index is 0.00847. The van der Waals surface area contributed by atoms with Gasteiger partial charge in [-0.05, 0) is 11.5 Å². The second-order valence-corrected chi connectivity index (χ2v) is 7.42. The molecule has 0 spiro atoms. The Labute approximate surface area is 184 Å². The third-order valence-electron chi connectivity index (χ3n) is 4.66. The van der Waals surface area contributed by atoms with Crippen LogP contribution in [0.15, 0.2) is 54.6 Å². The maximum atomic E-state index is 12.7. The first-order valence-electron chi connectivity index (χ1n) is 9.91. The zero-order chi connectivity index (χ0) is 23.7. The molecule has 32 heavy (non-hydrogen) atoms. The summed E-state index contributed by atoms with van der Waals surface area (Å²) in [6.07, 6.45) is -1.12. The molecule has 0 aliphatic rings. The molecule has 0 aliphatic carbocycles. The van der Waals surface area contributed by atoms with E-state index in [2.05, 4.69) is 10.6 Å². The molecule has 0 unspecified atom stereocenters. The molecule has 10 heteroatoms. The van der Waals surface area contributed by atoms with Crippen LogP contribution in [0, 0.1) is 16.0 Å². The van der Waals surface area contributed by atoms with E-state index in [0.29, 0.717) is 0 Å². The smallest absolute Gasteiger partial charge is 0.408 e. The van der Waals surface area contributed by atoms with Crippen LogP contribution in [-0.4, -0.2) is 40.1 Å². The molecule has 0 heterocycles. The number of para-hydroxylation sites is 1. The first-order chi connectivity index (χ1) is 15.2. The lowest BCUT2D eigenvalue weighted by molar-refractivity contribution is -0.385. The van der Waals surface area contributed by atoms with Crippen molar-refractivity contribution in [3.63, 3.8) is 0 Å². The highest BCUT2D eigenvalue weighted by Gasteiger charge is 2.30. The summed E-state index contributed by atoms with van der Waals surface area (Å²) in [6.45, 7) is 3.37. The fourth-order valence-corrected chi connectivity index (χ4v) is 2.97. The van der Waals surface area contributed by atoms with E-state index in [-0.39, 0.29) is 30.2 Å². The molecule has 0 saturated carbocycles. The molecule has 0 saturated heterocycles. The van der Waals surface area contributed by atoms with Crippen LogP contribution in [0.25, 0.3) is 0 Å². The second-order valence-electron chi connectivity index (χ2n) is 7.42. The Balaban J connectivity index is 2.05. The van der Waals surface area contributed by atoms with Gasteiger partial charge in [-0.3, -0.25) is 14.9 Å². The van der Waals surface area contributed by atoms with Gasteiger partial charge in [0.15, 0.2) is 0 Å². The molecule has 0 bridgehead atoms. The number of nitrogens with one attached hydrogen (secondary N) is 2. The number of nitro benzene ring substituents is 1. The molecule has 0 aliphatic heterocycles. The number of nitro groups is 1. The third kappa shape index (κ3) is 7.08. The van der Waals surface area contributed by atoms with Gasteiger partial charge < -0.3 is 20.5 Å². The Morgan fingerprint density at radius 1 is 1.03 bits per heavy atom. The summed E-state index contributed by atoms with van der Waals surface area (Å²) in [4.78, 5) is 47.2. The molecule has 2 aromatic rings. The number of carbonyl (C=O) groups excluding carboxylic acids is 2. The Hall–Kier alpha value is -3.95. The van der Waals surface area contributed by atoms with Gasteiger partial charge >= 0.3 is 12.1 Å². The van der Waals surface area contributed by atoms with Crippen molar-refractivity contribution < 1.29 is 29.2 Å². The lowest BCUT2D eigenvalue weighted by atomic mass is 10.0. The number of carboxylic acids is 1. The number of hydrogen-bond donors (Lipinski definition) is 3. The van der Waals surface area contributed by atoms with Gasteiger partial charge in [0.1, 0.15) is 18.7 Å². The average molecular weight is 443 g/mol. The van der Waals surface area contributed by atoms with Crippen LogP contribution < -0.4 is 10.6 Å². The van der Waals surface area contributed by atoms with Gasteiger partial charge in [-0.2, -0.15) is 0 Å². The fraction of sp³-hybridized carbons (Fsp3) is 0.318. The van der Waals surface area contributed by atoms with Gasteiger partial charge in [-0.25, -0.2) is 9.59 Å². The number of hydrogen-bond acceptors (Lipinski definition) is 6. The second kappa shape index (κ2) is 11.4. The molecule has 3 N–H and O–H groups in total. The summed E-state index contributed by atoms with van der Waals surface area (Å²) < 4.78 is 5.13. The van der Waals surface area contributed by atoms with Crippen LogP contribution >= 0.6 is 0 Å². The van der Waals surface area contributed by atoms with E-state index in [1.165, 1.54) is 18.2 Å². The van der Waals surface area contributed by atoms with Crippen LogP contribution in [0.3, 0.4) is 0 Å². The van der Waals surface area contributed by atoms with Crippen molar-refractivity contribution in [2.45, 2.75) is 39.0 Å². The summed E-state index contributed by atoms with van der Waals surface area (Å²) in [5.41, 5.74) is 0.696. The number of carboxylic acid groups (broad SMARTS) is 1. The van der Waals surface area contributed by atoms with E-state index < -0.39 is 35.0 Å². The third-order valence-corrected chi connectivity index (χ3v) is 4.66. The van der Waals surface area contributed by atoms with Crippen molar-refractivity contribution in [1.29, 1.82) is 0 Å². The Bertz CT molecular complexity index is 963. The van der Waals surface area contributed by atoms with E-state index in [0.717, 1.165) is 5.56 Å². The molecular weight excluding hydrogens is 418 g/mol. The van der Waals surface area contributed by atoms with E-state index >= 15 is 0 Å². The van der Waals surface area contributed by atoms with Crippen LogP contribution in [0.5, 0.6) is 0 Å². The topological polar surface area (TPSA) is 148 Å². The summed E-state index contributed by atoms with van der Waals surface area (Å²) in [5, 5.41) is 25.5. The number of benzene rings is 2. The highest BCUT2D eigenvalue weighted by Crippen LogP contribution is 2.19. The number of ether oxygens (including phenoxy) is 1. The Morgan fingerprint density at radius 2 is 1.66 bits per heavy atom. The number of amides is 2. The molecule has 10 nitrogen and oxygen atoms in total. The largest absolute Gasteiger partial charge is 0.480 e. The van der Waals surface area contributed by atoms with E-state index in [1.54, 1.807) is 44.2 Å². The monoisotopic (exact) mass is 443 g/mol. The van der Waals surface area contributed by atoms with Crippen molar-refractivity contribution in [1.82, 2.24) is 10.6 Å². The molecule has 2 aromatic carbocycles. The molecule has 0 radical (unpaired) electrons. The van der Waals surface area contributed by atoms with Gasteiger partial charge in [0.2, 0.25) is 5.91 Å². The molecule has 2 rings (SSSR count). The molecule has 0 aromatic heterocycles. The average Bonchev–Trinajstić information content (AvgIpc) is 2.76. The Morgan fingerprint density at radius 3 is 2.25 bits per heavy atom. The van der Waals surface area contributed by atoms with Crippen molar-refractivity contribution in [2.24, 2.45) is 5.92 Å². The lowest BCUT2D eigenvalue weighted by Crippen LogP contribution is -2.54. The van der Waals surface area contributed by atoms with Gasteiger partial charge in [-0.1, -0.05) is 62.4 Å². The van der Waals surface area contributed by atoms with Crippen LogP contribution in [0.2, 0.25) is 0 Å². The molecule has 0 fully saturated rings. The minimum atomic E-state index is -1.42. The van der Waals surface area contributed by atoms with Gasteiger partial charge in [0, 0.05) is 18.1 Å². The molecule has 2 amide bonds. The SMILES string of the molecule is CC(C)[C@H](NC(=O)OCc1ccccc1)C(=O)N[C@@H](Cc1ccccc1[N+](=O)[O-])C(=O)O. The predicted molar refractivity (Wildman–Crippen MR) is 115 cm³/mol. The van der Waals surface area contributed by atoms with Crippen molar-refractivity contribution in [2.75, 3.05) is 0 Å². The van der Waals surface area contributed by atoms with E-state index in [9.17, 15) is 29.6 Å².